The Kier molecular flexibility index (Phi) is 7.92. The molecule has 0 aromatic heterocycles. The van der Waals surface area contributed by atoms with E-state index in [9.17, 15) is 4.79 Å². The van der Waals surface area contributed by atoms with Gasteiger partial charge in [-0.1, -0.05) is 37.6 Å². The lowest BCUT2D eigenvalue weighted by molar-refractivity contribution is -0.121. The monoisotopic (exact) mass is 279 g/mol. The van der Waals surface area contributed by atoms with Gasteiger partial charge in [-0.25, -0.2) is 0 Å². The summed E-state index contributed by atoms with van der Waals surface area (Å²) >= 11 is 0. The third-order valence-corrected chi connectivity index (χ3v) is 3.16. The second-order valence-corrected chi connectivity index (χ2v) is 5.00. The number of unbranched alkanes of at least 4 members (excludes halogenated alkanes) is 1. The molecule has 0 aliphatic rings. The van der Waals surface area contributed by atoms with Crippen molar-refractivity contribution in [3.05, 3.63) is 35.4 Å². The predicted molar refractivity (Wildman–Crippen MR) is 79.7 cm³/mol. The maximum Gasteiger partial charge on any atom is 0.224 e. The van der Waals surface area contributed by atoms with Crippen LogP contribution >= 0.6 is 0 Å². The molecule has 2 N–H and O–H groups in total. The average Bonchev–Trinajstić information content (AvgIpc) is 2.46. The number of aliphatic hydroxyl groups is 1. The van der Waals surface area contributed by atoms with Gasteiger partial charge in [-0.15, -0.1) is 0 Å². The number of ether oxygens (including phenoxy) is 1. The first-order valence-electron chi connectivity index (χ1n) is 7.16. The standard InChI is InChI=1S/C16H25NO3/c1-3-4-5-13-6-8-14(9-7-13)10-16(19)17-15(11-18)12-20-2/h6-9,15,18H,3-5,10-12H2,1-2H3,(H,17,19). The summed E-state index contributed by atoms with van der Waals surface area (Å²) < 4.78 is 4.92. The van der Waals surface area contributed by atoms with Crippen LogP contribution in [0.4, 0.5) is 0 Å². The van der Waals surface area contributed by atoms with Gasteiger partial charge in [0.1, 0.15) is 0 Å². The molecule has 1 aromatic rings. The molecule has 0 spiro atoms. The third-order valence-electron chi connectivity index (χ3n) is 3.16. The van der Waals surface area contributed by atoms with Crippen LogP contribution < -0.4 is 5.32 Å². The highest BCUT2D eigenvalue weighted by molar-refractivity contribution is 5.78. The fraction of sp³-hybridized carbons (Fsp3) is 0.562. The molecule has 1 atom stereocenters. The van der Waals surface area contributed by atoms with Gasteiger partial charge in [-0.3, -0.25) is 4.79 Å². The lowest BCUT2D eigenvalue weighted by Gasteiger charge is -2.15. The summed E-state index contributed by atoms with van der Waals surface area (Å²) in [5.74, 6) is -0.0950. The van der Waals surface area contributed by atoms with Crippen molar-refractivity contribution in [2.24, 2.45) is 0 Å². The maximum atomic E-state index is 11.8. The maximum absolute atomic E-state index is 11.8. The number of hydrogen-bond donors (Lipinski definition) is 2. The largest absolute Gasteiger partial charge is 0.394 e. The second kappa shape index (κ2) is 9.50. The van der Waals surface area contributed by atoms with Crippen molar-refractivity contribution in [1.82, 2.24) is 5.32 Å². The van der Waals surface area contributed by atoms with E-state index in [0.717, 1.165) is 12.0 Å². The molecule has 0 saturated heterocycles. The highest BCUT2D eigenvalue weighted by Crippen LogP contribution is 2.08. The number of aryl methyl sites for hydroxylation is 1. The van der Waals surface area contributed by atoms with E-state index in [2.05, 4.69) is 24.4 Å². The van der Waals surface area contributed by atoms with Gasteiger partial charge >= 0.3 is 0 Å². The minimum Gasteiger partial charge on any atom is -0.394 e. The van der Waals surface area contributed by atoms with Crippen molar-refractivity contribution in [3.8, 4) is 0 Å². The first-order chi connectivity index (χ1) is 9.69. The molecule has 0 saturated carbocycles. The number of carbonyl (C=O) groups excluding carboxylic acids is 1. The van der Waals surface area contributed by atoms with Gasteiger partial charge in [0, 0.05) is 7.11 Å². The fourth-order valence-electron chi connectivity index (χ4n) is 2.01. The fourth-order valence-corrected chi connectivity index (χ4v) is 2.01. The van der Waals surface area contributed by atoms with Crippen molar-refractivity contribution >= 4 is 5.91 Å². The van der Waals surface area contributed by atoms with Crippen LogP contribution in [-0.2, 0) is 22.4 Å². The number of nitrogens with one attached hydrogen (secondary N) is 1. The van der Waals surface area contributed by atoms with Gasteiger partial charge in [0.2, 0.25) is 5.91 Å². The van der Waals surface area contributed by atoms with Gasteiger partial charge in [0.25, 0.3) is 0 Å². The molecule has 1 unspecified atom stereocenters. The summed E-state index contributed by atoms with van der Waals surface area (Å²) in [6, 6.07) is 7.81. The Hall–Kier alpha value is -1.39. The number of benzene rings is 1. The quantitative estimate of drug-likeness (QED) is 0.723. The second-order valence-electron chi connectivity index (χ2n) is 5.00. The van der Waals surface area contributed by atoms with Crippen LogP contribution in [0.15, 0.2) is 24.3 Å². The molecule has 1 aromatic carbocycles. The van der Waals surface area contributed by atoms with E-state index in [1.165, 1.54) is 18.4 Å². The van der Waals surface area contributed by atoms with Crippen LogP contribution in [0.3, 0.4) is 0 Å². The summed E-state index contributed by atoms with van der Waals surface area (Å²) in [4.78, 5) is 11.8. The molecule has 1 amide bonds. The molecule has 0 bridgehead atoms. The SMILES string of the molecule is CCCCc1ccc(CC(=O)NC(CO)COC)cc1. The van der Waals surface area contributed by atoms with Crippen LogP contribution in [-0.4, -0.2) is 37.4 Å². The van der Waals surface area contributed by atoms with E-state index in [1.54, 1.807) is 7.11 Å². The van der Waals surface area contributed by atoms with E-state index in [-0.39, 0.29) is 18.6 Å². The smallest absolute Gasteiger partial charge is 0.224 e. The van der Waals surface area contributed by atoms with Crippen LogP contribution in [0.25, 0.3) is 0 Å². The Labute approximate surface area is 121 Å². The van der Waals surface area contributed by atoms with Crippen molar-refractivity contribution in [2.75, 3.05) is 20.3 Å². The first-order valence-corrected chi connectivity index (χ1v) is 7.16. The number of methoxy groups -OCH3 is 1. The zero-order chi connectivity index (χ0) is 14.8. The van der Waals surface area contributed by atoms with Gasteiger partial charge < -0.3 is 15.2 Å². The molecule has 0 fully saturated rings. The summed E-state index contributed by atoms with van der Waals surface area (Å²) in [5, 5.41) is 11.8. The highest BCUT2D eigenvalue weighted by atomic mass is 16.5. The topological polar surface area (TPSA) is 58.6 Å². The van der Waals surface area contributed by atoms with Crippen LogP contribution in [0.2, 0.25) is 0 Å². The Balaban J connectivity index is 2.45. The van der Waals surface area contributed by atoms with Crippen molar-refractivity contribution in [2.45, 2.75) is 38.6 Å². The molecular formula is C16H25NO3. The first kappa shape index (κ1) is 16.7. The molecule has 0 aliphatic carbocycles. The normalized spacial score (nSPS) is 12.2. The van der Waals surface area contributed by atoms with Crippen LogP contribution in [0.1, 0.15) is 30.9 Å². The van der Waals surface area contributed by atoms with Gasteiger partial charge in [0.05, 0.1) is 25.7 Å². The Morgan fingerprint density at radius 1 is 1.30 bits per heavy atom. The highest BCUT2D eigenvalue weighted by Gasteiger charge is 2.11. The van der Waals surface area contributed by atoms with E-state index < -0.39 is 0 Å². The van der Waals surface area contributed by atoms with E-state index in [4.69, 9.17) is 9.84 Å². The van der Waals surface area contributed by atoms with Gasteiger partial charge in [-0.2, -0.15) is 0 Å². The molecule has 0 aliphatic heterocycles. The zero-order valence-corrected chi connectivity index (χ0v) is 12.4. The lowest BCUT2D eigenvalue weighted by atomic mass is 10.0. The summed E-state index contributed by atoms with van der Waals surface area (Å²) in [5.41, 5.74) is 2.29. The number of amides is 1. The molecule has 0 heterocycles. The number of rotatable bonds is 9. The van der Waals surface area contributed by atoms with Crippen molar-refractivity contribution < 1.29 is 14.6 Å². The minimum atomic E-state index is -0.337. The summed E-state index contributed by atoms with van der Waals surface area (Å²) in [7, 11) is 1.55. The van der Waals surface area contributed by atoms with E-state index >= 15 is 0 Å². The number of carbonyl (C=O) groups is 1. The molecule has 20 heavy (non-hydrogen) atoms. The van der Waals surface area contributed by atoms with Crippen molar-refractivity contribution in [3.63, 3.8) is 0 Å². The minimum absolute atomic E-state index is 0.0950. The summed E-state index contributed by atoms with van der Waals surface area (Å²) in [6.07, 6.45) is 3.79. The van der Waals surface area contributed by atoms with Crippen LogP contribution in [0.5, 0.6) is 0 Å². The van der Waals surface area contributed by atoms with E-state index in [1.807, 2.05) is 12.1 Å². The molecule has 112 valence electrons. The Morgan fingerprint density at radius 3 is 2.50 bits per heavy atom. The van der Waals surface area contributed by atoms with Crippen molar-refractivity contribution in [1.29, 1.82) is 0 Å². The molecule has 4 heteroatoms. The molecular weight excluding hydrogens is 254 g/mol. The zero-order valence-electron chi connectivity index (χ0n) is 12.4. The van der Waals surface area contributed by atoms with Gasteiger partial charge in [-0.05, 0) is 24.0 Å². The molecule has 0 radical (unpaired) electrons. The Bertz CT molecular complexity index is 389. The molecule has 1 rings (SSSR count). The third kappa shape index (κ3) is 6.17. The summed E-state index contributed by atoms with van der Waals surface area (Å²) in [6.45, 7) is 2.38. The number of aliphatic hydroxyl groups excluding tert-OH is 1. The average molecular weight is 279 g/mol. The van der Waals surface area contributed by atoms with Gasteiger partial charge in [0.15, 0.2) is 0 Å². The van der Waals surface area contributed by atoms with Crippen LogP contribution in [0, 0.1) is 0 Å². The molecule has 4 nitrogen and oxygen atoms in total. The predicted octanol–water partition coefficient (Wildman–Crippen LogP) is 1.70. The number of hydrogen-bond acceptors (Lipinski definition) is 3. The van der Waals surface area contributed by atoms with E-state index in [0.29, 0.717) is 13.0 Å². The lowest BCUT2D eigenvalue weighted by Crippen LogP contribution is -2.41. The Morgan fingerprint density at radius 2 is 1.95 bits per heavy atom.